The zero-order valence-corrected chi connectivity index (χ0v) is 14.7. The number of esters is 1. The van der Waals surface area contributed by atoms with Crippen molar-refractivity contribution in [2.24, 2.45) is 7.05 Å². The Hall–Kier alpha value is -3.06. The monoisotopic (exact) mass is 425 g/mol. The van der Waals surface area contributed by atoms with Crippen LogP contribution in [0.2, 0.25) is 5.02 Å². The van der Waals surface area contributed by atoms with Crippen LogP contribution in [0.1, 0.15) is 5.69 Å². The van der Waals surface area contributed by atoms with Crippen LogP contribution in [0.15, 0.2) is 18.2 Å². The SMILES string of the molecule is Cn1nc(Oc2ccc([N+](=O)[O-])c(OCC(=O)OCO)c2)c(Cl)c1C(F)(F)F. The predicted octanol–water partition coefficient (Wildman–Crippen LogP) is 2.66. The molecule has 28 heavy (non-hydrogen) atoms. The fraction of sp³-hybridized carbons (Fsp3) is 0.286. The van der Waals surface area contributed by atoms with Crippen molar-refractivity contribution in [1.82, 2.24) is 9.78 Å². The van der Waals surface area contributed by atoms with E-state index in [2.05, 4.69) is 9.84 Å². The van der Waals surface area contributed by atoms with Gasteiger partial charge in [0, 0.05) is 19.2 Å². The number of halogens is 4. The van der Waals surface area contributed by atoms with Crippen LogP contribution in [0.25, 0.3) is 0 Å². The number of hydrogen-bond acceptors (Lipinski definition) is 8. The molecular weight excluding hydrogens is 415 g/mol. The average molecular weight is 426 g/mol. The summed E-state index contributed by atoms with van der Waals surface area (Å²) in [4.78, 5) is 21.4. The van der Waals surface area contributed by atoms with Crippen LogP contribution in [0.5, 0.6) is 17.4 Å². The molecule has 10 nitrogen and oxygen atoms in total. The van der Waals surface area contributed by atoms with Gasteiger partial charge in [-0.2, -0.15) is 13.2 Å². The first-order chi connectivity index (χ1) is 13.0. The predicted molar refractivity (Wildman–Crippen MR) is 85.1 cm³/mol. The van der Waals surface area contributed by atoms with Crippen LogP contribution >= 0.6 is 11.6 Å². The van der Waals surface area contributed by atoms with Gasteiger partial charge >= 0.3 is 17.8 Å². The first-order valence-electron chi connectivity index (χ1n) is 7.19. The van der Waals surface area contributed by atoms with Gasteiger partial charge in [-0.15, -0.1) is 5.10 Å². The number of aromatic nitrogens is 2. The first-order valence-corrected chi connectivity index (χ1v) is 7.57. The number of carbonyl (C=O) groups excluding carboxylic acids is 1. The number of rotatable bonds is 7. The minimum absolute atomic E-state index is 0.190. The third kappa shape index (κ3) is 4.80. The second-order valence-electron chi connectivity index (χ2n) is 5.01. The van der Waals surface area contributed by atoms with Crippen molar-refractivity contribution in [2.45, 2.75) is 6.18 Å². The van der Waals surface area contributed by atoms with E-state index in [0.717, 1.165) is 25.2 Å². The highest BCUT2D eigenvalue weighted by molar-refractivity contribution is 6.32. The number of aliphatic hydroxyl groups excluding tert-OH is 1. The van der Waals surface area contributed by atoms with Crippen molar-refractivity contribution in [3.8, 4) is 17.4 Å². The third-order valence-corrected chi connectivity index (χ3v) is 3.48. The van der Waals surface area contributed by atoms with Gasteiger partial charge in [0.05, 0.1) is 4.92 Å². The molecule has 0 saturated carbocycles. The molecule has 0 atom stereocenters. The standard InChI is InChI=1S/C14H11ClF3N3O7/c1-20-12(14(16,17)18)11(15)13(19-20)28-7-2-3-8(21(24)25)9(4-7)26-5-10(23)27-6-22/h2-4,22H,5-6H2,1H3. The van der Waals surface area contributed by atoms with Crippen molar-refractivity contribution < 1.29 is 42.2 Å². The Labute approximate surface area is 159 Å². The molecule has 0 aliphatic rings. The molecule has 0 unspecified atom stereocenters. The number of aryl methyl sites for hydroxylation is 1. The number of alkyl halides is 3. The molecule has 0 spiro atoms. The van der Waals surface area contributed by atoms with Gasteiger partial charge < -0.3 is 19.3 Å². The minimum Gasteiger partial charge on any atom is -0.475 e. The summed E-state index contributed by atoms with van der Waals surface area (Å²) in [6.07, 6.45) is -4.78. The largest absolute Gasteiger partial charge is 0.475 e. The fourth-order valence-corrected chi connectivity index (χ4v) is 2.34. The molecule has 1 N–H and O–H groups in total. The van der Waals surface area contributed by atoms with Crippen LogP contribution in [0.3, 0.4) is 0 Å². The van der Waals surface area contributed by atoms with Crippen molar-refractivity contribution in [3.63, 3.8) is 0 Å². The van der Waals surface area contributed by atoms with Gasteiger partial charge in [0.25, 0.3) is 5.88 Å². The van der Waals surface area contributed by atoms with Gasteiger partial charge in [-0.1, -0.05) is 11.6 Å². The number of carbonyl (C=O) groups is 1. The maximum absolute atomic E-state index is 12.9. The molecule has 0 radical (unpaired) electrons. The highest BCUT2D eigenvalue weighted by Crippen LogP contribution is 2.41. The van der Waals surface area contributed by atoms with Gasteiger partial charge in [-0.05, 0) is 6.07 Å². The smallest absolute Gasteiger partial charge is 0.434 e. The summed E-state index contributed by atoms with van der Waals surface area (Å²) in [6.45, 7) is -1.68. The molecule has 152 valence electrons. The van der Waals surface area contributed by atoms with Gasteiger partial charge in [0.15, 0.2) is 19.1 Å². The number of benzene rings is 1. The van der Waals surface area contributed by atoms with Crippen molar-refractivity contribution in [3.05, 3.63) is 39.0 Å². The Kier molecular flexibility index (Phi) is 6.30. The Morgan fingerprint density at radius 1 is 1.43 bits per heavy atom. The second-order valence-corrected chi connectivity index (χ2v) is 5.39. The third-order valence-electron chi connectivity index (χ3n) is 3.14. The Bertz CT molecular complexity index is 901. The van der Waals surface area contributed by atoms with E-state index in [0.29, 0.717) is 4.68 Å². The highest BCUT2D eigenvalue weighted by atomic mass is 35.5. The first kappa shape index (κ1) is 21.2. The van der Waals surface area contributed by atoms with Gasteiger partial charge in [0.2, 0.25) is 5.75 Å². The van der Waals surface area contributed by atoms with E-state index < -0.39 is 58.5 Å². The molecule has 2 aromatic rings. The molecule has 1 aromatic carbocycles. The lowest BCUT2D eigenvalue weighted by Crippen LogP contribution is -2.15. The summed E-state index contributed by atoms with van der Waals surface area (Å²) in [7, 11) is 1.01. The van der Waals surface area contributed by atoms with Crippen molar-refractivity contribution >= 4 is 23.3 Å². The molecular formula is C14H11ClF3N3O7. The van der Waals surface area contributed by atoms with E-state index in [9.17, 15) is 28.1 Å². The lowest BCUT2D eigenvalue weighted by molar-refractivity contribution is -0.385. The topological polar surface area (TPSA) is 126 Å². The lowest BCUT2D eigenvalue weighted by Gasteiger charge is -2.09. The molecule has 0 aliphatic carbocycles. The van der Waals surface area contributed by atoms with Gasteiger partial charge in [-0.3, -0.25) is 14.8 Å². The molecule has 0 fully saturated rings. The Morgan fingerprint density at radius 3 is 2.64 bits per heavy atom. The van der Waals surface area contributed by atoms with Crippen molar-refractivity contribution in [2.75, 3.05) is 13.4 Å². The number of aliphatic hydroxyl groups is 1. The number of hydrogen-bond donors (Lipinski definition) is 1. The molecule has 2 rings (SSSR count). The molecule has 0 bridgehead atoms. The minimum atomic E-state index is -4.78. The summed E-state index contributed by atoms with van der Waals surface area (Å²) in [5, 5.41) is 22.2. The number of nitro groups is 1. The molecule has 0 aliphatic heterocycles. The fourth-order valence-electron chi connectivity index (χ4n) is 2.03. The van der Waals surface area contributed by atoms with E-state index >= 15 is 0 Å². The Morgan fingerprint density at radius 2 is 2.11 bits per heavy atom. The summed E-state index contributed by atoms with van der Waals surface area (Å²) < 4.78 is 53.7. The maximum Gasteiger partial charge on any atom is 0.434 e. The van der Waals surface area contributed by atoms with Crippen LogP contribution < -0.4 is 9.47 Å². The van der Waals surface area contributed by atoms with Crippen molar-refractivity contribution in [1.29, 1.82) is 0 Å². The summed E-state index contributed by atoms with van der Waals surface area (Å²) in [6, 6.07) is 2.99. The second kappa shape index (κ2) is 8.31. The van der Waals surface area contributed by atoms with E-state index in [-0.39, 0.29) is 5.75 Å². The van der Waals surface area contributed by atoms with E-state index in [4.69, 9.17) is 26.2 Å². The Balaban J connectivity index is 2.31. The summed E-state index contributed by atoms with van der Waals surface area (Å²) in [5.74, 6) is -2.22. The average Bonchev–Trinajstić information content (AvgIpc) is 2.86. The zero-order valence-electron chi connectivity index (χ0n) is 13.9. The van der Waals surface area contributed by atoms with Crippen LogP contribution in [0, 0.1) is 10.1 Å². The van der Waals surface area contributed by atoms with Crippen LogP contribution in [-0.2, 0) is 22.8 Å². The zero-order chi connectivity index (χ0) is 21.1. The number of nitro benzene ring substituents is 1. The molecule has 1 aromatic heterocycles. The number of nitrogens with zero attached hydrogens (tertiary/aromatic N) is 3. The number of ether oxygens (including phenoxy) is 3. The quantitative estimate of drug-likeness (QED) is 0.310. The molecule has 0 amide bonds. The summed E-state index contributed by atoms with van der Waals surface area (Å²) in [5.41, 5.74) is -1.79. The molecule has 0 saturated heterocycles. The molecule has 1 heterocycles. The highest BCUT2D eigenvalue weighted by Gasteiger charge is 2.39. The van der Waals surface area contributed by atoms with E-state index in [1.807, 2.05) is 0 Å². The van der Waals surface area contributed by atoms with E-state index in [1.165, 1.54) is 0 Å². The summed E-state index contributed by atoms with van der Waals surface area (Å²) >= 11 is 5.67. The van der Waals surface area contributed by atoms with Gasteiger partial charge in [0.1, 0.15) is 10.8 Å². The molecule has 14 heteroatoms. The van der Waals surface area contributed by atoms with Crippen LogP contribution in [0.4, 0.5) is 18.9 Å². The van der Waals surface area contributed by atoms with Gasteiger partial charge in [-0.25, -0.2) is 4.79 Å². The lowest BCUT2D eigenvalue weighted by atomic mass is 10.3. The van der Waals surface area contributed by atoms with Crippen LogP contribution in [-0.4, -0.2) is 39.2 Å². The van der Waals surface area contributed by atoms with E-state index in [1.54, 1.807) is 0 Å². The normalized spacial score (nSPS) is 11.2. The maximum atomic E-state index is 12.9.